The summed E-state index contributed by atoms with van der Waals surface area (Å²) in [5.41, 5.74) is 1.81. The van der Waals surface area contributed by atoms with Crippen LogP contribution in [0.1, 0.15) is 38.7 Å². The maximum absolute atomic E-state index is 12.2. The van der Waals surface area contributed by atoms with E-state index < -0.39 is 10.0 Å². The Hall–Kier alpha value is -2.18. The number of benzene rings is 2. The van der Waals surface area contributed by atoms with E-state index in [2.05, 4.69) is 10.0 Å². The summed E-state index contributed by atoms with van der Waals surface area (Å²) in [5, 5.41) is 2.80. The molecule has 6 heteroatoms. The SMILES string of the molecule is CCC(C)NS(=O)(=O)c1ccc(NC(=O)CCCc2ccccc2)cc1. The number of carbonyl (C=O) groups is 1. The van der Waals surface area contributed by atoms with Gasteiger partial charge in [0.25, 0.3) is 0 Å². The first kappa shape index (κ1) is 20.1. The predicted octanol–water partition coefficient (Wildman–Crippen LogP) is 3.72. The first-order valence-corrected chi connectivity index (χ1v) is 10.3. The highest BCUT2D eigenvalue weighted by Crippen LogP contribution is 2.15. The van der Waals surface area contributed by atoms with Crippen molar-refractivity contribution in [3.63, 3.8) is 0 Å². The van der Waals surface area contributed by atoms with Gasteiger partial charge in [0.05, 0.1) is 4.90 Å². The van der Waals surface area contributed by atoms with Crippen molar-refractivity contribution in [3.05, 3.63) is 60.2 Å². The van der Waals surface area contributed by atoms with Gasteiger partial charge in [-0.25, -0.2) is 13.1 Å². The van der Waals surface area contributed by atoms with E-state index >= 15 is 0 Å². The molecule has 0 aliphatic rings. The molecule has 1 atom stereocenters. The normalized spacial score (nSPS) is 12.5. The van der Waals surface area contributed by atoms with E-state index in [1.54, 1.807) is 12.1 Å². The summed E-state index contributed by atoms with van der Waals surface area (Å²) in [7, 11) is -3.52. The highest BCUT2D eigenvalue weighted by molar-refractivity contribution is 7.89. The molecule has 0 heterocycles. The molecule has 0 aliphatic heterocycles. The van der Waals surface area contributed by atoms with E-state index in [0.29, 0.717) is 12.1 Å². The van der Waals surface area contributed by atoms with Gasteiger partial charge < -0.3 is 5.32 Å². The van der Waals surface area contributed by atoms with E-state index in [1.165, 1.54) is 17.7 Å². The molecule has 0 bridgehead atoms. The van der Waals surface area contributed by atoms with Crippen LogP contribution in [0.2, 0.25) is 0 Å². The Kier molecular flexibility index (Phi) is 7.36. The van der Waals surface area contributed by atoms with Crippen molar-refractivity contribution in [2.45, 2.75) is 50.5 Å². The third-order valence-corrected chi connectivity index (χ3v) is 5.73. The molecule has 0 saturated heterocycles. The van der Waals surface area contributed by atoms with Gasteiger partial charge in [0.1, 0.15) is 0 Å². The van der Waals surface area contributed by atoms with Crippen LogP contribution in [0.15, 0.2) is 59.5 Å². The lowest BCUT2D eigenvalue weighted by atomic mass is 10.1. The van der Waals surface area contributed by atoms with Gasteiger partial charge in [0, 0.05) is 18.2 Å². The van der Waals surface area contributed by atoms with Crippen molar-refractivity contribution in [2.24, 2.45) is 0 Å². The molecule has 1 unspecified atom stereocenters. The number of carbonyl (C=O) groups excluding carboxylic acids is 1. The second kappa shape index (κ2) is 9.50. The fourth-order valence-corrected chi connectivity index (χ4v) is 3.78. The lowest BCUT2D eigenvalue weighted by Crippen LogP contribution is -2.31. The fraction of sp³-hybridized carbons (Fsp3) is 0.350. The molecule has 2 rings (SSSR count). The van der Waals surface area contributed by atoms with Crippen molar-refractivity contribution in [2.75, 3.05) is 5.32 Å². The molecule has 0 radical (unpaired) electrons. The number of nitrogens with one attached hydrogen (secondary N) is 2. The van der Waals surface area contributed by atoms with Crippen LogP contribution in [0.25, 0.3) is 0 Å². The Morgan fingerprint density at radius 2 is 1.69 bits per heavy atom. The minimum absolute atomic E-state index is 0.0748. The van der Waals surface area contributed by atoms with Crippen molar-refractivity contribution < 1.29 is 13.2 Å². The van der Waals surface area contributed by atoms with E-state index in [0.717, 1.165) is 19.3 Å². The fourth-order valence-electron chi connectivity index (χ4n) is 2.45. The summed E-state index contributed by atoms with van der Waals surface area (Å²) in [4.78, 5) is 12.2. The third kappa shape index (κ3) is 6.28. The Morgan fingerprint density at radius 3 is 2.31 bits per heavy atom. The standard InChI is InChI=1S/C20H26N2O3S/c1-3-16(2)22-26(24,25)19-14-12-18(13-15-19)21-20(23)11-7-10-17-8-5-4-6-9-17/h4-6,8-9,12-16,22H,3,7,10-11H2,1-2H3,(H,21,23). The molecule has 1 amide bonds. The predicted molar refractivity (Wildman–Crippen MR) is 105 cm³/mol. The lowest BCUT2D eigenvalue weighted by Gasteiger charge is -2.12. The Labute approximate surface area is 155 Å². The molecule has 2 N–H and O–H groups in total. The number of sulfonamides is 1. The zero-order valence-corrected chi connectivity index (χ0v) is 16.1. The van der Waals surface area contributed by atoms with Crippen LogP contribution in [-0.2, 0) is 21.2 Å². The molecule has 26 heavy (non-hydrogen) atoms. The van der Waals surface area contributed by atoms with Gasteiger partial charge in [-0.1, -0.05) is 37.3 Å². The number of hydrogen-bond donors (Lipinski definition) is 2. The van der Waals surface area contributed by atoms with Crippen molar-refractivity contribution >= 4 is 21.6 Å². The molecule has 2 aromatic rings. The summed E-state index contributed by atoms with van der Waals surface area (Å²) in [6, 6.07) is 16.1. The monoisotopic (exact) mass is 374 g/mol. The molecule has 5 nitrogen and oxygen atoms in total. The summed E-state index contributed by atoms with van der Waals surface area (Å²) in [6.45, 7) is 3.74. The topological polar surface area (TPSA) is 75.3 Å². The second-order valence-electron chi connectivity index (χ2n) is 6.34. The highest BCUT2D eigenvalue weighted by atomic mass is 32.2. The minimum atomic E-state index is -3.52. The highest BCUT2D eigenvalue weighted by Gasteiger charge is 2.16. The molecule has 0 spiro atoms. The molecule has 0 aromatic heterocycles. The van der Waals surface area contributed by atoms with Gasteiger partial charge >= 0.3 is 0 Å². The number of anilines is 1. The number of aryl methyl sites for hydroxylation is 1. The maximum atomic E-state index is 12.2. The number of amides is 1. The lowest BCUT2D eigenvalue weighted by molar-refractivity contribution is -0.116. The quantitative estimate of drug-likeness (QED) is 0.702. The van der Waals surface area contributed by atoms with E-state index in [1.807, 2.05) is 44.2 Å². The van der Waals surface area contributed by atoms with Crippen LogP contribution in [-0.4, -0.2) is 20.4 Å². The first-order chi connectivity index (χ1) is 12.4. The summed E-state index contributed by atoms with van der Waals surface area (Å²) >= 11 is 0. The van der Waals surface area contributed by atoms with Crippen LogP contribution in [0, 0.1) is 0 Å². The average Bonchev–Trinajstić information content (AvgIpc) is 2.62. The van der Waals surface area contributed by atoms with Crippen molar-refractivity contribution in [3.8, 4) is 0 Å². The largest absolute Gasteiger partial charge is 0.326 e. The van der Waals surface area contributed by atoms with Gasteiger partial charge in [-0.2, -0.15) is 0 Å². The molecule has 0 aliphatic carbocycles. The van der Waals surface area contributed by atoms with Crippen molar-refractivity contribution in [1.82, 2.24) is 4.72 Å². The molecule has 0 saturated carbocycles. The second-order valence-corrected chi connectivity index (χ2v) is 8.06. The van der Waals surface area contributed by atoms with Crippen LogP contribution in [0.5, 0.6) is 0 Å². The Balaban J connectivity index is 1.85. The van der Waals surface area contributed by atoms with Gasteiger partial charge in [-0.15, -0.1) is 0 Å². The maximum Gasteiger partial charge on any atom is 0.240 e. The van der Waals surface area contributed by atoms with Crippen LogP contribution in [0.4, 0.5) is 5.69 Å². The third-order valence-electron chi connectivity index (χ3n) is 4.13. The van der Waals surface area contributed by atoms with Gasteiger partial charge in [-0.05, 0) is 56.0 Å². The molecule has 0 fully saturated rings. The average molecular weight is 375 g/mol. The summed E-state index contributed by atoms with van der Waals surface area (Å²) in [5.74, 6) is -0.0748. The molecular formula is C20H26N2O3S. The van der Waals surface area contributed by atoms with Crippen LogP contribution in [0.3, 0.4) is 0 Å². The van der Waals surface area contributed by atoms with E-state index in [9.17, 15) is 13.2 Å². The van der Waals surface area contributed by atoms with Crippen LogP contribution >= 0.6 is 0 Å². The van der Waals surface area contributed by atoms with Crippen molar-refractivity contribution in [1.29, 1.82) is 0 Å². The number of hydrogen-bond acceptors (Lipinski definition) is 3. The van der Waals surface area contributed by atoms with Crippen LogP contribution < -0.4 is 10.0 Å². The van der Waals surface area contributed by atoms with Gasteiger partial charge in [0.15, 0.2) is 0 Å². The first-order valence-electron chi connectivity index (χ1n) is 8.87. The molecule has 140 valence electrons. The Bertz CT molecular complexity index is 803. The Morgan fingerprint density at radius 1 is 1.04 bits per heavy atom. The zero-order chi connectivity index (χ0) is 19.0. The van der Waals surface area contributed by atoms with E-state index in [-0.39, 0.29) is 16.8 Å². The van der Waals surface area contributed by atoms with Gasteiger partial charge in [0.2, 0.25) is 15.9 Å². The van der Waals surface area contributed by atoms with Gasteiger partial charge in [-0.3, -0.25) is 4.79 Å². The molecular weight excluding hydrogens is 348 g/mol. The minimum Gasteiger partial charge on any atom is -0.326 e. The number of rotatable bonds is 9. The summed E-state index contributed by atoms with van der Waals surface area (Å²) in [6.07, 6.45) is 2.76. The summed E-state index contributed by atoms with van der Waals surface area (Å²) < 4.78 is 27.0. The zero-order valence-electron chi connectivity index (χ0n) is 15.2. The van der Waals surface area contributed by atoms with E-state index in [4.69, 9.17) is 0 Å². The smallest absolute Gasteiger partial charge is 0.240 e. The molecule has 2 aromatic carbocycles.